The van der Waals surface area contributed by atoms with Crippen molar-refractivity contribution in [2.75, 3.05) is 5.32 Å². The van der Waals surface area contributed by atoms with E-state index < -0.39 is 23.6 Å². The summed E-state index contributed by atoms with van der Waals surface area (Å²) in [6.45, 7) is 3.53. The van der Waals surface area contributed by atoms with Crippen molar-refractivity contribution in [2.45, 2.75) is 25.9 Å². The highest BCUT2D eigenvalue weighted by atomic mass is 79.9. The summed E-state index contributed by atoms with van der Waals surface area (Å²) in [5, 5.41) is 15.0. The monoisotopic (exact) mass is 485 g/mol. The lowest BCUT2D eigenvalue weighted by molar-refractivity contribution is 0.0935. The lowest BCUT2D eigenvalue weighted by atomic mass is 10.1. The molecule has 6 nitrogen and oxygen atoms in total. The normalized spacial score (nSPS) is 12.5. The van der Waals surface area contributed by atoms with Crippen LogP contribution < -0.4 is 10.6 Å². The zero-order valence-corrected chi connectivity index (χ0v) is 18.2. The Morgan fingerprint density at radius 1 is 1.06 bits per heavy atom. The number of halogens is 3. The van der Waals surface area contributed by atoms with Gasteiger partial charge in [0.25, 0.3) is 5.91 Å². The second-order valence-corrected chi connectivity index (χ2v) is 7.77. The van der Waals surface area contributed by atoms with Gasteiger partial charge in [-0.05, 0) is 49.2 Å². The van der Waals surface area contributed by atoms with Gasteiger partial charge in [0.15, 0.2) is 28.8 Å². The molecule has 2 atom stereocenters. The second kappa shape index (κ2) is 9.62. The topological polar surface area (TPSA) is 90.7 Å². The highest BCUT2D eigenvalue weighted by molar-refractivity contribution is 9.10. The highest BCUT2D eigenvalue weighted by Crippen LogP contribution is 2.23. The Morgan fingerprint density at radius 2 is 1.74 bits per heavy atom. The third-order valence-electron chi connectivity index (χ3n) is 4.62. The first-order valence-corrected chi connectivity index (χ1v) is 10.1. The molecule has 0 saturated carbocycles. The number of amides is 1. The van der Waals surface area contributed by atoms with E-state index in [0.29, 0.717) is 5.56 Å². The van der Waals surface area contributed by atoms with Gasteiger partial charge < -0.3 is 10.6 Å². The van der Waals surface area contributed by atoms with E-state index in [1.54, 1.807) is 6.92 Å². The number of anilines is 1. The van der Waals surface area contributed by atoms with Crippen molar-refractivity contribution in [1.29, 1.82) is 5.26 Å². The standard InChI is InChI=1S/C22H18BrF2N5O/c1-12(14-3-6-16(23)7-4-14)28-21-20(30-17(10-26)11-27-21)22(31)29-13(2)15-5-8-18(24)19(25)9-15/h3-9,11-13H,1-2H3,(H,27,28)(H,29,31)/t12-,13+/m1/s1. The van der Waals surface area contributed by atoms with E-state index in [-0.39, 0.29) is 23.2 Å². The minimum absolute atomic E-state index is 0.0209. The average molecular weight is 486 g/mol. The van der Waals surface area contributed by atoms with E-state index in [1.807, 2.05) is 37.3 Å². The second-order valence-electron chi connectivity index (χ2n) is 6.85. The van der Waals surface area contributed by atoms with Gasteiger partial charge in [0.1, 0.15) is 6.07 Å². The SMILES string of the molecule is C[C@H](NC(=O)c1nc(C#N)cnc1N[C@H](C)c1ccc(Br)cc1)c1ccc(F)c(F)c1. The average Bonchev–Trinajstić information content (AvgIpc) is 2.76. The summed E-state index contributed by atoms with van der Waals surface area (Å²) >= 11 is 3.39. The summed E-state index contributed by atoms with van der Waals surface area (Å²) < 4.78 is 27.7. The molecule has 2 N–H and O–H groups in total. The number of nitrogens with one attached hydrogen (secondary N) is 2. The summed E-state index contributed by atoms with van der Waals surface area (Å²) in [6.07, 6.45) is 1.27. The summed E-state index contributed by atoms with van der Waals surface area (Å²) in [4.78, 5) is 21.2. The number of aromatic nitrogens is 2. The van der Waals surface area contributed by atoms with Crippen LogP contribution in [-0.2, 0) is 0 Å². The van der Waals surface area contributed by atoms with Crippen LogP contribution >= 0.6 is 15.9 Å². The third-order valence-corrected chi connectivity index (χ3v) is 5.15. The van der Waals surface area contributed by atoms with Gasteiger partial charge in [0, 0.05) is 4.47 Å². The van der Waals surface area contributed by atoms with Crippen LogP contribution in [0.15, 0.2) is 53.1 Å². The molecular formula is C22H18BrF2N5O. The molecule has 1 aromatic heterocycles. The predicted octanol–water partition coefficient (Wildman–Crippen LogP) is 5.05. The molecule has 0 aliphatic carbocycles. The molecule has 2 aromatic carbocycles. The van der Waals surface area contributed by atoms with Crippen LogP contribution in [0.4, 0.5) is 14.6 Å². The smallest absolute Gasteiger partial charge is 0.274 e. The quantitative estimate of drug-likeness (QED) is 0.509. The van der Waals surface area contributed by atoms with Crippen molar-refractivity contribution in [1.82, 2.24) is 15.3 Å². The molecule has 158 valence electrons. The van der Waals surface area contributed by atoms with E-state index in [0.717, 1.165) is 22.2 Å². The number of hydrogen-bond donors (Lipinski definition) is 2. The maximum atomic E-state index is 13.5. The van der Waals surface area contributed by atoms with Crippen molar-refractivity contribution < 1.29 is 13.6 Å². The largest absolute Gasteiger partial charge is 0.362 e. The van der Waals surface area contributed by atoms with Crippen LogP contribution in [-0.4, -0.2) is 15.9 Å². The van der Waals surface area contributed by atoms with Crippen molar-refractivity contribution in [3.8, 4) is 6.07 Å². The van der Waals surface area contributed by atoms with E-state index in [2.05, 4.69) is 36.5 Å². The number of hydrogen-bond acceptors (Lipinski definition) is 5. The Balaban J connectivity index is 1.84. The number of benzene rings is 2. The number of carbonyl (C=O) groups excluding carboxylic acids is 1. The number of carbonyl (C=O) groups is 1. The van der Waals surface area contributed by atoms with Crippen LogP contribution in [0.5, 0.6) is 0 Å². The van der Waals surface area contributed by atoms with Crippen LogP contribution in [0.1, 0.15) is 53.2 Å². The van der Waals surface area contributed by atoms with Gasteiger partial charge >= 0.3 is 0 Å². The van der Waals surface area contributed by atoms with Crippen molar-refractivity contribution in [2.24, 2.45) is 0 Å². The van der Waals surface area contributed by atoms with E-state index in [9.17, 15) is 13.6 Å². The van der Waals surface area contributed by atoms with Crippen LogP contribution in [0.3, 0.4) is 0 Å². The molecule has 31 heavy (non-hydrogen) atoms. The number of rotatable bonds is 6. The summed E-state index contributed by atoms with van der Waals surface area (Å²) in [5.41, 5.74) is 1.25. The van der Waals surface area contributed by atoms with Gasteiger partial charge in [-0.25, -0.2) is 18.7 Å². The van der Waals surface area contributed by atoms with Crippen LogP contribution in [0, 0.1) is 23.0 Å². The fraction of sp³-hybridized carbons (Fsp3) is 0.182. The predicted molar refractivity (Wildman–Crippen MR) is 115 cm³/mol. The third kappa shape index (κ3) is 5.41. The number of nitriles is 1. The Morgan fingerprint density at radius 3 is 2.39 bits per heavy atom. The van der Waals surface area contributed by atoms with Crippen LogP contribution in [0.2, 0.25) is 0 Å². The zero-order chi connectivity index (χ0) is 22.5. The molecule has 0 aliphatic heterocycles. The van der Waals surface area contributed by atoms with Gasteiger partial charge in [0.05, 0.1) is 18.3 Å². The molecule has 0 fully saturated rings. The summed E-state index contributed by atoms with van der Waals surface area (Å²) in [6, 6.07) is 12.1. The zero-order valence-electron chi connectivity index (χ0n) is 16.7. The molecular weight excluding hydrogens is 468 g/mol. The maximum Gasteiger partial charge on any atom is 0.274 e. The molecule has 0 bridgehead atoms. The summed E-state index contributed by atoms with van der Waals surface area (Å²) in [7, 11) is 0. The molecule has 3 aromatic rings. The Hall–Kier alpha value is -3.38. The first-order valence-electron chi connectivity index (χ1n) is 9.33. The van der Waals surface area contributed by atoms with Gasteiger partial charge in [-0.1, -0.05) is 34.1 Å². The lowest BCUT2D eigenvalue weighted by Gasteiger charge is -2.19. The van der Waals surface area contributed by atoms with Crippen molar-refractivity contribution in [3.05, 3.63) is 87.3 Å². The number of nitrogens with zero attached hydrogens (tertiary/aromatic N) is 3. The fourth-order valence-corrected chi connectivity index (χ4v) is 3.14. The Kier molecular flexibility index (Phi) is 6.92. The van der Waals surface area contributed by atoms with Crippen molar-refractivity contribution >= 4 is 27.7 Å². The molecule has 0 unspecified atom stereocenters. The summed E-state index contributed by atoms with van der Waals surface area (Å²) in [5.74, 6) is -2.38. The minimum Gasteiger partial charge on any atom is -0.362 e. The first kappa shape index (κ1) is 22.3. The lowest BCUT2D eigenvalue weighted by Crippen LogP contribution is -2.29. The first-order chi connectivity index (χ1) is 14.8. The molecule has 0 saturated heterocycles. The van der Waals surface area contributed by atoms with Crippen molar-refractivity contribution in [3.63, 3.8) is 0 Å². The van der Waals surface area contributed by atoms with E-state index in [4.69, 9.17) is 5.26 Å². The molecule has 0 aliphatic rings. The molecule has 1 amide bonds. The van der Waals surface area contributed by atoms with E-state index >= 15 is 0 Å². The molecule has 1 heterocycles. The van der Waals surface area contributed by atoms with Gasteiger partial charge in [-0.3, -0.25) is 4.79 Å². The van der Waals surface area contributed by atoms with Gasteiger partial charge in [-0.2, -0.15) is 5.26 Å². The Labute approximate surface area is 186 Å². The molecule has 3 rings (SSSR count). The van der Waals surface area contributed by atoms with Crippen LogP contribution in [0.25, 0.3) is 0 Å². The highest BCUT2D eigenvalue weighted by Gasteiger charge is 2.21. The van der Waals surface area contributed by atoms with Gasteiger partial charge in [0.2, 0.25) is 0 Å². The van der Waals surface area contributed by atoms with E-state index in [1.165, 1.54) is 12.3 Å². The minimum atomic E-state index is -1.00. The molecule has 0 radical (unpaired) electrons. The fourth-order valence-electron chi connectivity index (χ4n) is 2.88. The maximum absolute atomic E-state index is 13.5. The molecule has 0 spiro atoms. The molecule has 9 heteroatoms. The van der Waals surface area contributed by atoms with Gasteiger partial charge in [-0.15, -0.1) is 0 Å². The Bertz CT molecular complexity index is 1150.